The Balaban J connectivity index is 0.00000180. The third-order valence-corrected chi connectivity index (χ3v) is 3.06. The van der Waals surface area contributed by atoms with Gasteiger partial charge >= 0.3 is 0 Å². The minimum absolute atomic E-state index is 0. The molecule has 1 aromatic heterocycles. The number of likely N-dealkylation sites (tertiary alicyclic amines) is 1. The molecule has 0 bridgehead atoms. The number of nitrogens with two attached hydrogens (primary N) is 1. The van der Waals surface area contributed by atoms with Crippen molar-refractivity contribution in [1.82, 2.24) is 9.88 Å². The Bertz CT molecular complexity index is 450. The van der Waals surface area contributed by atoms with Gasteiger partial charge in [-0.15, -0.1) is 24.8 Å². The van der Waals surface area contributed by atoms with E-state index in [4.69, 9.17) is 10.9 Å². The molecule has 0 aliphatic carbocycles. The molecule has 0 saturated carbocycles. The predicted octanol–water partition coefficient (Wildman–Crippen LogP) is 1.05. The zero-order valence-electron chi connectivity index (χ0n) is 10.8. The van der Waals surface area contributed by atoms with Crippen molar-refractivity contribution in [3.8, 4) is 0 Å². The number of pyridine rings is 1. The second kappa shape index (κ2) is 8.73. The van der Waals surface area contributed by atoms with Crippen LogP contribution in [0.5, 0.6) is 0 Å². The van der Waals surface area contributed by atoms with E-state index in [-0.39, 0.29) is 36.4 Å². The lowest BCUT2D eigenvalue weighted by molar-refractivity contribution is -0.129. The first-order valence-corrected chi connectivity index (χ1v) is 5.90. The van der Waals surface area contributed by atoms with Gasteiger partial charge in [-0.25, -0.2) is 0 Å². The maximum absolute atomic E-state index is 12.1. The summed E-state index contributed by atoms with van der Waals surface area (Å²) >= 11 is 0. The van der Waals surface area contributed by atoms with Crippen molar-refractivity contribution in [2.24, 2.45) is 10.9 Å². The van der Waals surface area contributed by atoms with Gasteiger partial charge in [-0.2, -0.15) is 0 Å². The monoisotopic (exact) mass is 320 g/mol. The van der Waals surface area contributed by atoms with Crippen molar-refractivity contribution in [2.75, 3.05) is 13.1 Å². The number of rotatable bonds is 3. The number of nitrogens with zero attached hydrogens (tertiary/aromatic N) is 3. The SMILES string of the molecule is Cl.Cl.NC(C(=O)N1CCCC1)/C(=N/O)c1ccncc1. The van der Waals surface area contributed by atoms with E-state index in [2.05, 4.69) is 10.1 Å². The molecule has 1 amide bonds. The van der Waals surface area contributed by atoms with Crippen molar-refractivity contribution < 1.29 is 10.0 Å². The molecule has 6 nitrogen and oxygen atoms in total. The highest BCUT2D eigenvalue weighted by atomic mass is 35.5. The van der Waals surface area contributed by atoms with Crippen molar-refractivity contribution in [1.29, 1.82) is 0 Å². The summed E-state index contributed by atoms with van der Waals surface area (Å²) in [4.78, 5) is 17.7. The van der Waals surface area contributed by atoms with Gasteiger partial charge in [0.2, 0.25) is 5.91 Å². The van der Waals surface area contributed by atoms with Crippen LogP contribution in [0.2, 0.25) is 0 Å². The van der Waals surface area contributed by atoms with Gasteiger partial charge in [0, 0.05) is 31.0 Å². The number of halogens is 2. The van der Waals surface area contributed by atoms with Crippen LogP contribution in [-0.2, 0) is 4.79 Å². The smallest absolute Gasteiger partial charge is 0.245 e. The van der Waals surface area contributed by atoms with Gasteiger partial charge in [0.15, 0.2) is 0 Å². The van der Waals surface area contributed by atoms with Crippen LogP contribution in [0.15, 0.2) is 29.7 Å². The molecule has 1 atom stereocenters. The van der Waals surface area contributed by atoms with E-state index in [1.165, 1.54) is 0 Å². The molecule has 1 unspecified atom stereocenters. The maximum atomic E-state index is 12.1. The summed E-state index contributed by atoms with van der Waals surface area (Å²) in [5, 5.41) is 12.2. The predicted molar refractivity (Wildman–Crippen MR) is 80.8 cm³/mol. The van der Waals surface area contributed by atoms with Crippen LogP contribution >= 0.6 is 24.8 Å². The molecule has 0 spiro atoms. The molecule has 0 radical (unpaired) electrons. The largest absolute Gasteiger partial charge is 0.411 e. The zero-order valence-corrected chi connectivity index (χ0v) is 12.4. The van der Waals surface area contributed by atoms with Crippen LogP contribution < -0.4 is 5.73 Å². The van der Waals surface area contributed by atoms with Gasteiger partial charge in [-0.1, -0.05) is 5.16 Å². The van der Waals surface area contributed by atoms with Crippen LogP contribution in [0.1, 0.15) is 18.4 Å². The lowest BCUT2D eigenvalue weighted by Gasteiger charge is -2.20. The van der Waals surface area contributed by atoms with Crippen LogP contribution in [-0.4, -0.2) is 45.8 Å². The van der Waals surface area contributed by atoms with Gasteiger partial charge in [-0.05, 0) is 25.0 Å². The zero-order chi connectivity index (χ0) is 13.0. The molecule has 1 saturated heterocycles. The summed E-state index contributed by atoms with van der Waals surface area (Å²) in [6.45, 7) is 1.45. The fourth-order valence-electron chi connectivity index (χ4n) is 2.07. The first kappa shape index (κ1) is 18.6. The van der Waals surface area contributed by atoms with Gasteiger partial charge in [0.05, 0.1) is 0 Å². The molecule has 1 aliphatic rings. The first-order chi connectivity index (χ1) is 8.74. The van der Waals surface area contributed by atoms with Crippen molar-refractivity contribution in [3.63, 3.8) is 0 Å². The van der Waals surface area contributed by atoms with Gasteiger partial charge in [-0.3, -0.25) is 9.78 Å². The Morgan fingerprint density at radius 2 is 1.85 bits per heavy atom. The summed E-state index contributed by atoms with van der Waals surface area (Å²) in [6, 6.07) is 2.38. The summed E-state index contributed by atoms with van der Waals surface area (Å²) < 4.78 is 0. The average molecular weight is 321 g/mol. The fourth-order valence-corrected chi connectivity index (χ4v) is 2.07. The molecule has 1 aromatic rings. The third-order valence-electron chi connectivity index (χ3n) is 3.06. The highest BCUT2D eigenvalue weighted by Gasteiger charge is 2.28. The standard InChI is InChI=1S/C12H16N4O2.2ClH/c13-10(12(17)16-7-1-2-8-16)11(15-18)9-3-5-14-6-4-9;;/h3-6,10,18H,1-2,7-8,13H2;2*1H/b15-11+;;. The quantitative estimate of drug-likeness (QED) is 0.494. The van der Waals surface area contributed by atoms with Crippen LogP contribution in [0.25, 0.3) is 0 Å². The van der Waals surface area contributed by atoms with E-state index in [1.54, 1.807) is 29.4 Å². The highest BCUT2D eigenvalue weighted by molar-refractivity contribution is 6.15. The molecule has 2 rings (SSSR count). The van der Waals surface area contributed by atoms with E-state index in [0.717, 1.165) is 25.9 Å². The van der Waals surface area contributed by atoms with E-state index < -0.39 is 6.04 Å². The van der Waals surface area contributed by atoms with Crippen LogP contribution in [0.3, 0.4) is 0 Å². The molecule has 1 aliphatic heterocycles. The van der Waals surface area contributed by atoms with Gasteiger partial charge in [0.25, 0.3) is 0 Å². The topological polar surface area (TPSA) is 91.8 Å². The number of hydrogen-bond donors (Lipinski definition) is 2. The van der Waals surface area contributed by atoms with Crippen LogP contribution in [0.4, 0.5) is 0 Å². The number of carbonyl (C=O) groups excluding carboxylic acids is 1. The van der Waals surface area contributed by atoms with Gasteiger partial charge < -0.3 is 15.8 Å². The lowest BCUT2D eigenvalue weighted by atomic mass is 10.0. The Morgan fingerprint density at radius 3 is 2.35 bits per heavy atom. The van der Waals surface area contributed by atoms with E-state index in [9.17, 15) is 4.79 Å². The van der Waals surface area contributed by atoms with E-state index in [0.29, 0.717) is 5.56 Å². The normalized spacial score (nSPS) is 16.1. The molecule has 8 heteroatoms. The second-order valence-electron chi connectivity index (χ2n) is 4.23. The molecular weight excluding hydrogens is 303 g/mol. The Morgan fingerprint density at radius 1 is 1.30 bits per heavy atom. The Labute approximate surface area is 129 Å². The fraction of sp³-hybridized carbons (Fsp3) is 0.417. The minimum Gasteiger partial charge on any atom is -0.411 e. The molecule has 2 heterocycles. The van der Waals surface area contributed by atoms with Crippen LogP contribution in [0, 0.1) is 0 Å². The van der Waals surface area contributed by atoms with Crippen molar-refractivity contribution >= 4 is 36.4 Å². The number of aromatic nitrogens is 1. The second-order valence-corrected chi connectivity index (χ2v) is 4.23. The lowest BCUT2D eigenvalue weighted by Crippen LogP contribution is -2.47. The van der Waals surface area contributed by atoms with Crippen molar-refractivity contribution in [3.05, 3.63) is 30.1 Å². The molecule has 1 fully saturated rings. The average Bonchev–Trinajstić information content (AvgIpc) is 2.94. The number of amides is 1. The Kier molecular flexibility index (Phi) is 8.13. The maximum Gasteiger partial charge on any atom is 0.245 e. The minimum atomic E-state index is -0.935. The molecule has 20 heavy (non-hydrogen) atoms. The summed E-state index contributed by atoms with van der Waals surface area (Å²) in [7, 11) is 0. The van der Waals surface area contributed by atoms with E-state index >= 15 is 0 Å². The molecular formula is C12H18Cl2N4O2. The summed E-state index contributed by atoms with van der Waals surface area (Å²) in [6.07, 6.45) is 5.12. The number of hydrogen-bond acceptors (Lipinski definition) is 5. The van der Waals surface area contributed by atoms with E-state index in [1.807, 2.05) is 0 Å². The van der Waals surface area contributed by atoms with Crippen molar-refractivity contribution in [2.45, 2.75) is 18.9 Å². The molecule has 0 aromatic carbocycles. The number of carbonyl (C=O) groups is 1. The van der Waals surface area contributed by atoms with Gasteiger partial charge in [0.1, 0.15) is 11.8 Å². The molecule has 3 N–H and O–H groups in total. The first-order valence-electron chi connectivity index (χ1n) is 5.90. The number of oxime groups is 1. The molecule has 112 valence electrons. The summed E-state index contributed by atoms with van der Waals surface area (Å²) in [5.74, 6) is -0.197. The third kappa shape index (κ3) is 4.06. The Hall–Kier alpha value is -1.37. The highest BCUT2D eigenvalue weighted by Crippen LogP contribution is 2.11. The summed E-state index contributed by atoms with van der Waals surface area (Å²) in [5.41, 5.74) is 6.66.